The molecule has 0 aliphatic heterocycles. The van der Waals surface area contributed by atoms with Gasteiger partial charge in [-0.25, -0.2) is 4.79 Å². The summed E-state index contributed by atoms with van der Waals surface area (Å²) >= 11 is 0. The van der Waals surface area contributed by atoms with Crippen LogP contribution in [0.15, 0.2) is 12.7 Å². The molecule has 0 saturated heterocycles. The molecular formula is C27H50N4O6. The second-order valence-electron chi connectivity index (χ2n) is 11.1. The highest BCUT2D eigenvalue weighted by atomic mass is 16.6. The standard InChI is InChI=1S/C27H50N4O6/c1-13-15-30(11)25(34)21(18(5)14-2)37-26(35)22(27(7,8)36)31(12)24(33)20(16-17(3)4)28-23(32)19(6)29(9)10/h13,17-22,36H,1,14-16H2,2-12H3,(H,28,32). The maximum atomic E-state index is 13.6. The number of ether oxygens (including phenoxy) is 1. The van der Waals surface area contributed by atoms with Crippen molar-refractivity contribution in [1.29, 1.82) is 0 Å². The Labute approximate surface area is 223 Å². The average Bonchev–Trinajstić information content (AvgIpc) is 2.78. The molecule has 5 atom stereocenters. The van der Waals surface area contributed by atoms with Crippen LogP contribution in [0.25, 0.3) is 0 Å². The van der Waals surface area contributed by atoms with E-state index in [2.05, 4.69) is 11.9 Å². The van der Waals surface area contributed by atoms with E-state index in [9.17, 15) is 24.3 Å². The first-order valence-electron chi connectivity index (χ1n) is 12.9. The van der Waals surface area contributed by atoms with E-state index in [1.165, 1.54) is 25.8 Å². The van der Waals surface area contributed by atoms with Gasteiger partial charge in [-0.1, -0.05) is 33.8 Å². The first-order valence-corrected chi connectivity index (χ1v) is 12.9. The van der Waals surface area contributed by atoms with Gasteiger partial charge < -0.3 is 25.0 Å². The van der Waals surface area contributed by atoms with Crippen LogP contribution in [0.4, 0.5) is 0 Å². The number of carbonyl (C=O) groups is 4. The number of hydrogen-bond acceptors (Lipinski definition) is 7. The Bertz CT molecular complexity index is 792. The molecule has 3 amide bonds. The highest BCUT2D eigenvalue weighted by molar-refractivity contribution is 5.93. The zero-order valence-electron chi connectivity index (χ0n) is 24.7. The van der Waals surface area contributed by atoms with Crippen LogP contribution in [0.3, 0.4) is 0 Å². The smallest absolute Gasteiger partial charge is 0.332 e. The fourth-order valence-electron chi connectivity index (χ4n) is 3.83. The number of nitrogens with zero attached hydrogens (tertiary/aromatic N) is 3. The molecule has 37 heavy (non-hydrogen) atoms. The molecule has 0 aromatic carbocycles. The summed E-state index contributed by atoms with van der Waals surface area (Å²) in [5.74, 6) is -2.39. The quantitative estimate of drug-likeness (QED) is 0.246. The first-order chi connectivity index (χ1) is 16.9. The van der Waals surface area contributed by atoms with Crippen molar-refractivity contribution in [3.05, 3.63) is 12.7 Å². The lowest BCUT2D eigenvalue weighted by molar-refractivity contribution is -0.176. The third kappa shape index (κ3) is 10.4. The predicted molar refractivity (Wildman–Crippen MR) is 145 cm³/mol. The lowest BCUT2D eigenvalue weighted by Gasteiger charge is -2.38. The van der Waals surface area contributed by atoms with Gasteiger partial charge in [0.1, 0.15) is 6.04 Å². The molecule has 2 N–H and O–H groups in total. The Morgan fingerprint density at radius 2 is 1.57 bits per heavy atom. The van der Waals surface area contributed by atoms with E-state index in [1.54, 1.807) is 46.0 Å². The van der Waals surface area contributed by atoms with Crippen molar-refractivity contribution in [3.8, 4) is 0 Å². The Morgan fingerprint density at radius 3 is 1.97 bits per heavy atom. The summed E-state index contributed by atoms with van der Waals surface area (Å²) in [6.07, 6.45) is 1.38. The summed E-state index contributed by atoms with van der Waals surface area (Å²) in [6.45, 7) is 16.0. The van der Waals surface area contributed by atoms with E-state index in [4.69, 9.17) is 4.74 Å². The molecule has 0 saturated carbocycles. The number of esters is 1. The number of carbonyl (C=O) groups excluding carboxylic acids is 4. The van der Waals surface area contributed by atoms with Gasteiger partial charge in [-0.05, 0) is 53.6 Å². The van der Waals surface area contributed by atoms with Crippen LogP contribution in [0.2, 0.25) is 0 Å². The maximum Gasteiger partial charge on any atom is 0.332 e. The fraction of sp³-hybridized carbons (Fsp3) is 0.778. The summed E-state index contributed by atoms with van der Waals surface area (Å²) in [4.78, 5) is 57.1. The fourth-order valence-corrected chi connectivity index (χ4v) is 3.83. The van der Waals surface area contributed by atoms with E-state index in [1.807, 2.05) is 20.8 Å². The molecule has 0 aromatic rings. The van der Waals surface area contributed by atoms with Gasteiger partial charge in [0.2, 0.25) is 11.8 Å². The highest BCUT2D eigenvalue weighted by Crippen LogP contribution is 2.22. The predicted octanol–water partition coefficient (Wildman–Crippen LogP) is 1.67. The Hall–Kier alpha value is -2.46. The lowest BCUT2D eigenvalue weighted by atomic mass is 9.94. The summed E-state index contributed by atoms with van der Waals surface area (Å²) in [5.41, 5.74) is -1.69. The molecule has 214 valence electrons. The van der Waals surface area contributed by atoms with Crippen molar-refractivity contribution in [1.82, 2.24) is 20.0 Å². The Morgan fingerprint density at radius 1 is 1.03 bits per heavy atom. The van der Waals surface area contributed by atoms with Crippen molar-refractivity contribution < 1.29 is 29.0 Å². The molecule has 5 unspecified atom stereocenters. The van der Waals surface area contributed by atoms with Crippen LogP contribution >= 0.6 is 0 Å². The van der Waals surface area contributed by atoms with E-state index >= 15 is 0 Å². The molecule has 0 radical (unpaired) electrons. The number of likely N-dealkylation sites (N-methyl/N-ethyl adjacent to an activating group) is 3. The van der Waals surface area contributed by atoms with Gasteiger partial charge in [0.05, 0.1) is 11.6 Å². The van der Waals surface area contributed by atoms with Crippen LogP contribution in [-0.4, -0.2) is 108 Å². The maximum absolute atomic E-state index is 13.6. The second-order valence-corrected chi connectivity index (χ2v) is 11.1. The zero-order valence-corrected chi connectivity index (χ0v) is 24.7. The van der Waals surface area contributed by atoms with Gasteiger partial charge in [-0.3, -0.25) is 19.3 Å². The number of amides is 3. The molecule has 0 heterocycles. The topological polar surface area (TPSA) is 119 Å². The van der Waals surface area contributed by atoms with Crippen LogP contribution in [0, 0.1) is 11.8 Å². The number of nitrogens with one attached hydrogen (secondary N) is 1. The van der Waals surface area contributed by atoms with Crippen LogP contribution < -0.4 is 5.32 Å². The number of hydrogen-bond donors (Lipinski definition) is 2. The summed E-state index contributed by atoms with van der Waals surface area (Å²) < 4.78 is 5.69. The van der Waals surface area contributed by atoms with Crippen LogP contribution in [0.1, 0.15) is 61.3 Å². The zero-order chi connectivity index (χ0) is 29.2. The SMILES string of the molecule is C=CCN(C)C(=O)C(OC(=O)C(N(C)C(=O)C(CC(C)C)NC(=O)C(C)N(C)C)C(C)(C)O)C(C)CC. The van der Waals surface area contributed by atoms with E-state index < -0.39 is 47.6 Å². The molecule has 0 aromatic heterocycles. The van der Waals surface area contributed by atoms with Crippen molar-refractivity contribution in [2.24, 2.45) is 11.8 Å². The third-order valence-corrected chi connectivity index (χ3v) is 6.53. The molecule has 0 bridgehead atoms. The van der Waals surface area contributed by atoms with E-state index in [-0.39, 0.29) is 24.3 Å². The third-order valence-electron chi connectivity index (χ3n) is 6.53. The minimum absolute atomic E-state index is 0.0673. The van der Waals surface area contributed by atoms with Crippen LogP contribution in [-0.2, 0) is 23.9 Å². The molecule has 0 spiro atoms. The molecule has 0 aliphatic rings. The van der Waals surface area contributed by atoms with Crippen LogP contribution in [0.5, 0.6) is 0 Å². The van der Waals surface area contributed by atoms with Gasteiger partial charge in [0.25, 0.3) is 5.91 Å². The summed E-state index contributed by atoms with van der Waals surface area (Å²) in [7, 11) is 6.50. The van der Waals surface area contributed by atoms with Crippen molar-refractivity contribution >= 4 is 23.7 Å². The molecule has 10 nitrogen and oxygen atoms in total. The Kier molecular flexibility index (Phi) is 14.1. The number of rotatable bonds is 15. The lowest BCUT2D eigenvalue weighted by Crippen LogP contribution is -2.61. The van der Waals surface area contributed by atoms with Gasteiger partial charge in [0, 0.05) is 26.6 Å². The summed E-state index contributed by atoms with van der Waals surface area (Å²) in [6, 6.07) is -2.80. The largest absolute Gasteiger partial charge is 0.450 e. The minimum Gasteiger partial charge on any atom is -0.450 e. The first kappa shape index (κ1) is 34.5. The van der Waals surface area contributed by atoms with Gasteiger partial charge in [-0.2, -0.15) is 0 Å². The number of aliphatic hydroxyl groups is 1. The van der Waals surface area contributed by atoms with Crippen molar-refractivity contribution in [2.75, 3.05) is 34.7 Å². The van der Waals surface area contributed by atoms with Gasteiger partial charge in [0.15, 0.2) is 12.1 Å². The highest BCUT2D eigenvalue weighted by Gasteiger charge is 2.44. The van der Waals surface area contributed by atoms with Crippen molar-refractivity contribution in [2.45, 2.75) is 91.1 Å². The molecule has 0 rings (SSSR count). The monoisotopic (exact) mass is 526 g/mol. The molecule has 0 aliphatic carbocycles. The van der Waals surface area contributed by atoms with Crippen molar-refractivity contribution in [3.63, 3.8) is 0 Å². The van der Waals surface area contributed by atoms with Gasteiger partial charge >= 0.3 is 5.97 Å². The summed E-state index contributed by atoms with van der Waals surface area (Å²) in [5, 5.41) is 13.7. The minimum atomic E-state index is -1.69. The Balaban J connectivity index is 6.14. The molecule has 10 heteroatoms. The normalized spacial score (nSPS) is 15.8. The van der Waals surface area contributed by atoms with E-state index in [0.717, 1.165) is 4.90 Å². The second kappa shape index (κ2) is 15.1. The van der Waals surface area contributed by atoms with E-state index in [0.29, 0.717) is 12.8 Å². The van der Waals surface area contributed by atoms with Gasteiger partial charge in [-0.15, -0.1) is 6.58 Å². The molecular weight excluding hydrogens is 476 g/mol. The molecule has 0 fully saturated rings. The average molecular weight is 527 g/mol.